The van der Waals surface area contributed by atoms with Gasteiger partial charge in [-0.15, -0.1) is 0 Å². The van der Waals surface area contributed by atoms with Crippen LogP contribution in [-0.2, 0) is 0 Å². The van der Waals surface area contributed by atoms with Crippen LogP contribution in [0, 0.1) is 0 Å². The maximum absolute atomic E-state index is 11.2. The summed E-state index contributed by atoms with van der Waals surface area (Å²) in [4.78, 5) is 15.7. The van der Waals surface area contributed by atoms with Crippen molar-refractivity contribution in [2.45, 2.75) is 0 Å². The predicted molar refractivity (Wildman–Crippen MR) is 80.5 cm³/mol. The Kier molecular flexibility index (Phi) is 3.93. The van der Waals surface area contributed by atoms with Crippen LogP contribution in [0.25, 0.3) is 16.5 Å². The molecule has 1 aromatic carbocycles. The Morgan fingerprint density at radius 3 is 2.68 bits per heavy atom. The zero-order valence-corrected chi connectivity index (χ0v) is 11.0. The first-order valence-electron chi connectivity index (χ1n) is 5.70. The molecule has 0 unspecified atom stereocenters. The number of hydrogen-bond donors (Lipinski definition) is 0. The summed E-state index contributed by atoms with van der Waals surface area (Å²) in [5.74, 6) is 0. The number of benzene rings is 1. The predicted octanol–water partition coefficient (Wildman–Crippen LogP) is 4.46. The number of halogens is 1. The molecule has 0 saturated carbocycles. The third-order valence-electron chi connectivity index (χ3n) is 2.74. The van der Waals surface area contributed by atoms with Crippen LogP contribution in [0.5, 0.6) is 0 Å². The zero-order valence-electron chi connectivity index (χ0n) is 10.3. The van der Waals surface area contributed by atoms with Crippen molar-refractivity contribution in [3.8, 4) is 0 Å². The number of fused-ring (bicyclic) bond motifs is 1. The van der Waals surface area contributed by atoms with Crippen LogP contribution in [0.2, 0.25) is 5.02 Å². The van der Waals surface area contributed by atoms with Crippen molar-refractivity contribution >= 4 is 34.4 Å². The van der Waals surface area contributed by atoms with E-state index in [4.69, 9.17) is 11.6 Å². The van der Waals surface area contributed by atoms with Gasteiger partial charge in [0.1, 0.15) is 0 Å². The van der Waals surface area contributed by atoms with Gasteiger partial charge in [0.15, 0.2) is 6.29 Å². The van der Waals surface area contributed by atoms with Crippen molar-refractivity contribution in [2.75, 3.05) is 0 Å². The number of rotatable bonds is 4. The lowest BCUT2D eigenvalue weighted by atomic mass is 10.0. The highest BCUT2D eigenvalue weighted by Gasteiger charge is 2.07. The molecule has 0 fully saturated rings. The second kappa shape index (κ2) is 5.63. The molecule has 0 aliphatic rings. The minimum Gasteiger partial charge on any atom is -0.298 e. The van der Waals surface area contributed by atoms with Gasteiger partial charge in [-0.1, -0.05) is 49.1 Å². The fourth-order valence-electron chi connectivity index (χ4n) is 1.86. The van der Waals surface area contributed by atoms with Gasteiger partial charge in [0.05, 0.1) is 11.2 Å². The van der Waals surface area contributed by atoms with Crippen molar-refractivity contribution in [1.82, 2.24) is 4.98 Å². The molecule has 0 spiro atoms. The summed E-state index contributed by atoms with van der Waals surface area (Å²) in [5.41, 5.74) is 2.74. The number of hydrogen-bond acceptors (Lipinski definition) is 2. The fraction of sp³-hybridized carbons (Fsp3) is 0. The molecule has 0 aliphatic heterocycles. The van der Waals surface area contributed by atoms with Crippen LogP contribution in [-0.4, -0.2) is 11.3 Å². The monoisotopic (exact) mass is 269 g/mol. The Bertz CT molecular complexity index is 701. The van der Waals surface area contributed by atoms with Gasteiger partial charge in [-0.25, -0.2) is 4.98 Å². The number of allylic oxidation sites excluding steroid dienone is 4. The molecule has 0 amide bonds. The minimum absolute atomic E-state index is 0.577. The number of aromatic nitrogens is 1. The third kappa shape index (κ3) is 2.64. The van der Waals surface area contributed by atoms with Crippen LogP contribution in [0.4, 0.5) is 0 Å². The molecule has 94 valence electrons. The van der Waals surface area contributed by atoms with Gasteiger partial charge in [0.25, 0.3) is 0 Å². The normalized spacial score (nSPS) is 11.3. The SMILES string of the molecule is C=C/C=C(\C=C)c1cc(C=O)c2ccc(Cl)cc2n1. The fourth-order valence-corrected chi connectivity index (χ4v) is 2.03. The lowest BCUT2D eigenvalue weighted by molar-refractivity contribution is 0.112. The van der Waals surface area contributed by atoms with Gasteiger partial charge in [0, 0.05) is 16.0 Å². The molecular weight excluding hydrogens is 258 g/mol. The summed E-state index contributed by atoms with van der Waals surface area (Å²) >= 11 is 5.96. The highest BCUT2D eigenvalue weighted by Crippen LogP contribution is 2.24. The maximum atomic E-state index is 11.2. The average molecular weight is 270 g/mol. The van der Waals surface area contributed by atoms with Gasteiger partial charge in [0.2, 0.25) is 0 Å². The molecule has 0 bridgehead atoms. The lowest BCUT2D eigenvalue weighted by Crippen LogP contribution is -1.93. The Hall–Kier alpha value is -2.19. The number of aldehydes is 1. The molecule has 0 N–H and O–H groups in total. The first-order valence-corrected chi connectivity index (χ1v) is 6.08. The molecular formula is C16H12ClNO. The highest BCUT2D eigenvalue weighted by atomic mass is 35.5. The standard InChI is InChI=1S/C16H12ClNO/c1-3-5-11(4-2)15-8-12(10-19)14-7-6-13(17)9-16(14)18-15/h3-10H,1-2H2/b11-5+. The van der Waals surface area contributed by atoms with Gasteiger partial charge < -0.3 is 0 Å². The summed E-state index contributed by atoms with van der Waals surface area (Å²) in [6, 6.07) is 7.01. The van der Waals surface area contributed by atoms with E-state index in [0.717, 1.165) is 17.2 Å². The largest absolute Gasteiger partial charge is 0.298 e. The van der Waals surface area contributed by atoms with Crippen LogP contribution in [0.15, 0.2) is 55.7 Å². The number of pyridine rings is 1. The van der Waals surface area contributed by atoms with Gasteiger partial charge >= 0.3 is 0 Å². The Labute approximate surface area is 116 Å². The number of nitrogens with zero attached hydrogens (tertiary/aromatic N) is 1. The molecule has 1 heterocycles. The van der Waals surface area contributed by atoms with Crippen molar-refractivity contribution in [3.63, 3.8) is 0 Å². The molecule has 2 nitrogen and oxygen atoms in total. The summed E-state index contributed by atoms with van der Waals surface area (Å²) in [5, 5.41) is 1.37. The van der Waals surface area contributed by atoms with Crippen LogP contribution in [0.3, 0.4) is 0 Å². The Morgan fingerprint density at radius 1 is 1.26 bits per heavy atom. The van der Waals surface area contributed by atoms with Crippen LogP contribution in [0.1, 0.15) is 16.1 Å². The first-order chi connectivity index (χ1) is 9.19. The maximum Gasteiger partial charge on any atom is 0.150 e. The molecule has 0 saturated heterocycles. The summed E-state index contributed by atoms with van der Waals surface area (Å²) in [6.07, 6.45) is 5.94. The van der Waals surface area contributed by atoms with Gasteiger partial charge in [-0.05, 0) is 23.8 Å². The smallest absolute Gasteiger partial charge is 0.150 e. The first kappa shape index (κ1) is 13.2. The molecule has 0 atom stereocenters. The second-order valence-electron chi connectivity index (χ2n) is 3.94. The van der Waals surface area contributed by atoms with E-state index in [9.17, 15) is 4.79 Å². The summed E-state index contributed by atoms with van der Waals surface area (Å²) < 4.78 is 0. The number of carbonyl (C=O) groups excluding carboxylic acids is 1. The molecule has 1 aromatic heterocycles. The Morgan fingerprint density at radius 2 is 2.05 bits per heavy atom. The van der Waals surface area contributed by atoms with Crippen molar-refractivity contribution in [2.24, 2.45) is 0 Å². The quantitative estimate of drug-likeness (QED) is 0.606. The zero-order chi connectivity index (χ0) is 13.8. The van der Waals surface area contributed by atoms with E-state index >= 15 is 0 Å². The Balaban J connectivity index is 2.77. The van der Waals surface area contributed by atoms with Crippen molar-refractivity contribution in [1.29, 1.82) is 0 Å². The number of carbonyl (C=O) groups is 1. The molecule has 19 heavy (non-hydrogen) atoms. The highest BCUT2D eigenvalue weighted by molar-refractivity contribution is 6.31. The molecule has 0 aliphatic carbocycles. The van der Waals surface area contributed by atoms with E-state index in [0.29, 0.717) is 21.8 Å². The van der Waals surface area contributed by atoms with E-state index in [-0.39, 0.29) is 0 Å². The minimum atomic E-state index is 0.577. The van der Waals surface area contributed by atoms with Crippen LogP contribution < -0.4 is 0 Å². The lowest BCUT2D eigenvalue weighted by Gasteiger charge is -2.06. The van der Waals surface area contributed by atoms with E-state index in [2.05, 4.69) is 18.1 Å². The van der Waals surface area contributed by atoms with Gasteiger partial charge in [-0.3, -0.25) is 4.79 Å². The topological polar surface area (TPSA) is 30.0 Å². The second-order valence-corrected chi connectivity index (χ2v) is 4.37. The molecule has 2 rings (SSSR count). The van der Waals surface area contributed by atoms with E-state index in [1.807, 2.05) is 0 Å². The third-order valence-corrected chi connectivity index (χ3v) is 2.98. The van der Waals surface area contributed by atoms with E-state index < -0.39 is 0 Å². The molecule has 0 radical (unpaired) electrons. The average Bonchev–Trinajstić information content (AvgIpc) is 2.43. The van der Waals surface area contributed by atoms with Crippen molar-refractivity contribution < 1.29 is 4.79 Å². The summed E-state index contributed by atoms with van der Waals surface area (Å²) in [6.45, 7) is 7.39. The van der Waals surface area contributed by atoms with Crippen LogP contribution >= 0.6 is 11.6 Å². The van der Waals surface area contributed by atoms with Gasteiger partial charge in [-0.2, -0.15) is 0 Å². The van der Waals surface area contributed by atoms with E-state index in [1.54, 1.807) is 42.5 Å². The van der Waals surface area contributed by atoms with Crippen molar-refractivity contribution in [3.05, 3.63) is 71.9 Å². The summed E-state index contributed by atoms with van der Waals surface area (Å²) in [7, 11) is 0. The molecule has 2 aromatic rings. The van der Waals surface area contributed by atoms with E-state index in [1.165, 1.54) is 0 Å². The molecule has 3 heteroatoms.